The number of hydrogen-bond acceptors (Lipinski definition) is 5. The molecule has 0 radical (unpaired) electrons. The summed E-state index contributed by atoms with van der Waals surface area (Å²) in [6.07, 6.45) is 2.92. The number of hydrogen-bond donors (Lipinski definition) is 3. The van der Waals surface area contributed by atoms with E-state index in [4.69, 9.17) is 4.74 Å². The van der Waals surface area contributed by atoms with Crippen molar-refractivity contribution in [3.8, 4) is 0 Å². The Morgan fingerprint density at radius 3 is 2.75 bits per heavy atom. The van der Waals surface area contributed by atoms with Crippen LogP contribution in [0, 0.1) is 0 Å². The minimum atomic E-state index is -0.511. The Labute approximate surface area is 163 Å². The fraction of sp³-hybridized carbons (Fsp3) is 0.350. The van der Waals surface area contributed by atoms with E-state index in [1.165, 1.54) is 0 Å². The molecule has 8 heteroatoms. The van der Waals surface area contributed by atoms with Crippen LogP contribution in [0.3, 0.4) is 0 Å². The molecule has 1 aromatic heterocycles. The number of nitrogens with zero attached hydrogens (tertiary/aromatic N) is 2. The van der Waals surface area contributed by atoms with Gasteiger partial charge in [-0.3, -0.25) is 9.78 Å². The van der Waals surface area contributed by atoms with Gasteiger partial charge >= 0.3 is 6.03 Å². The smallest absolute Gasteiger partial charge is 0.319 e. The number of aliphatic hydroxyl groups excluding tert-OH is 1. The van der Waals surface area contributed by atoms with Gasteiger partial charge in [0.05, 0.1) is 12.6 Å². The van der Waals surface area contributed by atoms with Crippen molar-refractivity contribution in [2.75, 3.05) is 25.1 Å². The lowest BCUT2D eigenvalue weighted by molar-refractivity contribution is -0.162. The summed E-state index contributed by atoms with van der Waals surface area (Å²) in [6.45, 7) is 2.46. The summed E-state index contributed by atoms with van der Waals surface area (Å²) < 4.78 is 5.74. The van der Waals surface area contributed by atoms with Crippen molar-refractivity contribution in [1.82, 2.24) is 15.2 Å². The molecule has 3 amide bonds. The predicted octanol–water partition coefficient (Wildman–Crippen LogP) is 1.68. The quantitative estimate of drug-likeness (QED) is 0.703. The van der Waals surface area contributed by atoms with Crippen molar-refractivity contribution >= 4 is 17.6 Å². The largest absolute Gasteiger partial charge is 0.394 e. The van der Waals surface area contributed by atoms with Crippen LogP contribution < -0.4 is 10.6 Å². The summed E-state index contributed by atoms with van der Waals surface area (Å²) in [4.78, 5) is 29.7. The molecular formula is C20H24N4O4. The molecule has 1 aliphatic heterocycles. The maximum absolute atomic E-state index is 12.4. The van der Waals surface area contributed by atoms with Gasteiger partial charge in [-0.25, -0.2) is 4.79 Å². The zero-order valence-electron chi connectivity index (χ0n) is 15.7. The van der Waals surface area contributed by atoms with Gasteiger partial charge in [0.25, 0.3) is 0 Å². The van der Waals surface area contributed by atoms with Crippen molar-refractivity contribution in [3.63, 3.8) is 0 Å². The Hall–Kier alpha value is -2.97. The molecule has 2 aromatic rings. The summed E-state index contributed by atoms with van der Waals surface area (Å²) in [6, 6.07) is 10.1. The second-order valence-corrected chi connectivity index (χ2v) is 6.47. The maximum Gasteiger partial charge on any atom is 0.319 e. The molecule has 0 aliphatic carbocycles. The normalized spacial score (nSPS) is 19.4. The minimum Gasteiger partial charge on any atom is -0.394 e. The van der Waals surface area contributed by atoms with E-state index in [1.807, 2.05) is 31.2 Å². The predicted molar refractivity (Wildman–Crippen MR) is 103 cm³/mol. The van der Waals surface area contributed by atoms with Gasteiger partial charge in [-0.05, 0) is 36.2 Å². The topological polar surface area (TPSA) is 104 Å². The number of rotatable bonds is 6. The third-order valence-electron chi connectivity index (χ3n) is 4.55. The molecule has 2 atom stereocenters. The number of pyridine rings is 1. The van der Waals surface area contributed by atoms with Crippen LogP contribution in [0.25, 0.3) is 0 Å². The van der Waals surface area contributed by atoms with Crippen LogP contribution >= 0.6 is 0 Å². The van der Waals surface area contributed by atoms with Gasteiger partial charge in [0.2, 0.25) is 5.91 Å². The number of morpholine rings is 1. The van der Waals surface area contributed by atoms with Crippen LogP contribution in [-0.4, -0.2) is 52.7 Å². The Kier molecular flexibility index (Phi) is 6.57. The van der Waals surface area contributed by atoms with Gasteiger partial charge in [0.1, 0.15) is 12.7 Å². The van der Waals surface area contributed by atoms with Gasteiger partial charge in [-0.2, -0.15) is 0 Å². The van der Waals surface area contributed by atoms with Crippen molar-refractivity contribution in [1.29, 1.82) is 0 Å². The van der Waals surface area contributed by atoms with Crippen molar-refractivity contribution < 1.29 is 19.4 Å². The minimum absolute atomic E-state index is 0.0552. The molecule has 0 spiro atoms. The van der Waals surface area contributed by atoms with E-state index in [2.05, 4.69) is 15.6 Å². The molecular weight excluding hydrogens is 360 g/mol. The molecule has 1 aliphatic rings. The average molecular weight is 384 g/mol. The van der Waals surface area contributed by atoms with E-state index in [9.17, 15) is 14.7 Å². The number of ether oxygens (including phenoxy) is 1. The van der Waals surface area contributed by atoms with E-state index in [0.717, 1.165) is 11.1 Å². The number of carbonyl (C=O) groups excluding carboxylic acids is 2. The van der Waals surface area contributed by atoms with Crippen molar-refractivity contribution in [2.45, 2.75) is 25.6 Å². The fourth-order valence-corrected chi connectivity index (χ4v) is 3.20. The molecule has 3 N–H and O–H groups in total. The second-order valence-electron chi connectivity index (χ2n) is 6.47. The first kappa shape index (κ1) is 19.8. The lowest BCUT2D eigenvalue weighted by atomic mass is 9.98. The molecule has 1 saturated heterocycles. The summed E-state index contributed by atoms with van der Waals surface area (Å²) in [7, 11) is 0. The maximum atomic E-state index is 12.4. The molecule has 2 unspecified atom stereocenters. The third-order valence-corrected chi connectivity index (χ3v) is 4.55. The SMILES string of the molecule is CCNC(=O)Nc1ccc(C2OCC(=O)N(Cc3cccnc3)C2CO)cc1. The monoisotopic (exact) mass is 384 g/mol. The second kappa shape index (κ2) is 9.29. The van der Waals surface area contributed by atoms with Crippen LogP contribution in [-0.2, 0) is 16.1 Å². The zero-order chi connectivity index (χ0) is 19.9. The first-order valence-corrected chi connectivity index (χ1v) is 9.18. The average Bonchev–Trinajstić information content (AvgIpc) is 2.71. The Morgan fingerprint density at radius 2 is 2.11 bits per heavy atom. The summed E-state index contributed by atoms with van der Waals surface area (Å²) in [5.74, 6) is -0.173. The lowest BCUT2D eigenvalue weighted by Crippen LogP contribution is -2.52. The van der Waals surface area contributed by atoms with Crippen molar-refractivity contribution in [3.05, 3.63) is 59.9 Å². The Morgan fingerprint density at radius 1 is 1.32 bits per heavy atom. The van der Waals surface area contributed by atoms with Crippen LogP contribution in [0.5, 0.6) is 0 Å². The van der Waals surface area contributed by atoms with Gasteiger partial charge in [0, 0.05) is 31.2 Å². The van der Waals surface area contributed by atoms with E-state index in [0.29, 0.717) is 18.8 Å². The summed E-state index contributed by atoms with van der Waals surface area (Å²) in [5, 5.41) is 15.4. The molecule has 1 aromatic carbocycles. The number of amides is 3. The van der Waals surface area contributed by atoms with E-state index in [1.54, 1.807) is 29.4 Å². The highest BCUT2D eigenvalue weighted by atomic mass is 16.5. The number of urea groups is 1. The number of aliphatic hydroxyl groups is 1. The number of anilines is 1. The zero-order valence-corrected chi connectivity index (χ0v) is 15.7. The molecule has 28 heavy (non-hydrogen) atoms. The highest BCUT2D eigenvalue weighted by Crippen LogP contribution is 2.30. The molecule has 2 heterocycles. The van der Waals surface area contributed by atoms with Gasteiger partial charge in [-0.15, -0.1) is 0 Å². The van der Waals surface area contributed by atoms with Crippen LogP contribution in [0.2, 0.25) is 0 Å². The number of aromatic nitrogens is 1. The molecule has 8 nitrogen and oxygen atoms in total. The molecule has 148 valence electrons. The molecule has 0 saturated carbocycles. The van der Waals surface area contributed by atoms with Crippen LogP contribution in [0.1, 0.15) is 24.2 Å². The summed E-state index contributed by atoms with van der Waals surface area (Å²) >= 11 is 0. The Bertz CT molecular complexity index is 798. The lowest BCUT2D eigenvalue weighted by Gasteiger charge is -2.40. The van der Waals surface area contributed by atoms with Crippen molar-refractivity contribution in [2.24, 2.45) is 0 Å². The number of carbonyl (C=O) groups is 2. The third kappa shape index (κ3) is 4.65. The van der Waals surface area contributed by atoms with Gasteiger partial charge < -0.3 is 25.4 Å². The van der Waals surface area contributed by atoms with Crippen LogP contribution in [0.4, 0.5) is 10.5 Å². The van der Waals surface area contributed by atoms with Gasteiger partial charge in [0.15, 0.2) is 0 Å². The first-order valence-electron chi connectivity index (χ1n) is 9.18. The first-order chi connectivity index (χ1) is 13.6. The molecule has 3 rings (SSSR count). The van der Waals surface area contributed by atoms with Crippen LogP contribution in [0.15, 0.2) is 48.8 Å². The van der Waals surface area contributed by atoms with E-state index >= 15 is 0 Å². The number of nitrogens with one attached hydrogen (secondary N) is 2. The van der Waals surface area contributed by atoms with E-state index in [-0.39, 0.29) is 25.2 Å². The number of benzene rings is 1. The van der Waals surface area contributed by atoms with E-state index < -0.39 is 12.1 Å². The Balaban J connectivity index is 1.75. The summed E-state index contributed by atoms with van der Waals surface area (Å²) in [5.41, 5.74) is 2.36. The highest BCUT2D eigenvalue weighted by Gasteiger charge is 2.37. The molecule has 1 fully saturated rings. The van der Waals surface area contributed by atoms with Gasteiger partial charge in [-0.1, -0.05) is 18.2 Å². The standard InChI is InChI=1S/C20H24N4O4/c1-2-22-20(27)23-16-7-5-15(6-8-16)19-17(12-25)24(18(26)13-28-19)11-14-4-3-9-21-10-14/h3-10,17,19,25H,2,11-13H2,1H3,(H2,22,23,27). The molecule has 0 bridgehead atoms. The highest BCUT2D eigenvalue weighted by molar-refractivity contribution is 5.89. The fourth-order valence-electron chi connectivity index (χ4n) is 3.20.